The Labute approximate surface area is 202 Å². The van der Waals surface area contributed by atoms with Crippen molar-refractivity contribution in [1.29, 1.82) is 0 Å². The number of aryl methyl sites for hydroxylation is 3. The molecule has 0 saturated heterocycles. The largest absolute Gasteiger partial charge is 0.491 e. The summed E-state index contributed by atoms with van der Waals surface area (Å²) in [5, 5.41) is 2.94. The number of rotatable bonds is 9. The lowest BCUT2D eigenvalue weighted by atomic mass is 10.1. The summed E-state index contributed by atoms with van der Waals surface area (Å²) in [5.41, 5.74) is 4.81. The van der Waals surface area contributed by atoms with E-state index in [0.717, 1.165) is 28.0 Å². The van der Waals surface area contributed by atoms with E-state index in [2.05, 4.69) is 5.32 Å². The first-order valence-electron chi connectivity index (χ1n) is 11.2. The number of hydrogen-bond donors (Lipinski definition) is 1. The molecule has 0 saturated carbocycles. The molecule has 0 unspecified atom stereocenters. The van der Waals surface area contributed by atoms with Gasteiger partial charge in [0.2, 0.25) is 10.0 Å². The summed E-state index contributed by atoms with van der Waals surface area (Å²) in [4.78, 5) is 12.7. The van der Waals surface area contributed by atoms with E-state index >= 15 is 0 Å². The van der Waals surface area contributed by atoms with E-state index in [9.17, 15) is 13.2 Å². The van der Waals surface area contributed by atoms with E-state index in [-0.39, 0.29) is 18.5 Å². The van der Waals surface area contributed by atoms with E-state index in [1.165, 1.54) is 10.6 Å². The van der Waals surface area contributed by atoms with E-state index in [1.807, 2.05) is 70.2 Å². The number of anilines is 1. The lowest BCUT2D eigenvalue weighted by molar-refractivity contribution is 0.0926. The number of para-hydroxylation sites is 2. The molecule has 0 aliphatic heterocycles. The Kier molecular flexibility index (Phi) is 7.99. The van der Waals surface area contributed by atoms with Gasteiger partial charge >= 0.3 is 0 Å². The molecule has 7 heteroatoms. The molecule has 34 heavy (non-hydrogen) atoms. The molecule has 6 nitrogen and oxygen atoms in total. The molecule has 3 aromatic rings. The SMILES string of the molecule is Cc1ccccc1OC[C@H](C)NC(=O)c1ccc(CN(c2c(C)cccc2C)S(C)(=O)=O)cc1. The predicted molar refractivity (Wildman–Crippen MR) is 137 cm³/mol. The number of carbonyl (C=O) groups is 1. The molecule has 1 N–H and O–H groups in total. The minimum absolute atomic E-state index is 0.184. The Morgan fingerprint density at radius 1 is 0.912 bits per heavy atom. The zero-order valence-electron chi connectivity index (χ0n) is 20.3. The van der Waals surface area contributed by atoms with Crippen LogP contribution >= 0.6 is 0 Å². The van der Waals surface area contributed by atoms with Crippen LogP contribution in [0.25, 0.3) is 0 Å². The van der Waals surface area contributed by atoms with Gasteiger partial charge in [-0.1, -0.05) is 48.5 Å². The van der Waals surface area contributed by atoms with Crippen molar-refractivity contribution in [2.75, 3.05) is 17.2 Å². The summed E-state index contributed by atoms with van der Waals surface area (Å²) in [6, 6.07) is 20.3. The lowest BCUT2D eigenvalue weighted by Gasteiger charge is -2.26. The van der Waals surface area contributed by atoms with Gasteiger partial charge in [-0.25, -0.2) is 8.42 Å². The second-order valence-corrected chi connectivity index (χ2v) is 10.6. The van der Waals surface area contributed by atoms with Crippen LogP contribution in [0.3, 0.4) is 0 Å². The van der Waals surface area contributed by atoms with Crippen molar-refractivity contribution in [3.8, 4) is 5.75 Å². The molecule has 0 bridgehead atoms. The quantitative estimate of drug-likeness (QED) is 0.478. The van der Waals surface area contributed by atoms with Crippen LogP contribution in [0, 0.1) is 20.8 Å². The predicted octanol–water partition coefficient (Wildman–Crippen LogP) is 4.78. The van der Waals surface area contributed by atoms with Gasteiger partial charge in [0.05, 0.1) is 24.5 Å². The summed E-state index contributed by atoms with van der Waals surface area (Å²) in [6.07, 6.45) is 1.21. The Hall–Kier alpha value is -3.32. The number of benzene rings is 3. The molecule has 0 heterocycles. The number of nitrogens with one attached hydrogen (secondary N) is 1. The van der Waals surface area contributed by atoms with Crippen molar-refractivity contribution < 1.29 is 17.9 Å². The lowest BCUT2D eigenvalue weighted by Crippen LogP contribution is -2.36. The first-order chi connectivity index (χ1) is 16.1. The van der Waals surface area contributed by atoms with Crippen LogP contribution in [-0.4, -0.2) is 33.2 Å². The normalized spacial score (nSPS) is 12.1. The first-order valence-corrected chi connectivity index (χ1v) is 13.0. The summed E-state index contributed by atoms with van der Waals surface area (Å²) in [7, 11) is -3.50. The van der Waals surface area contributed by atoms with Gasteiger partial charge in [0.15, 0.2) is 0 Å². The van der Waals surface area contributed by atoms with Crippen LogP contribution in [-0.2, 0) is 16.6 Å². The molecular formula is C27H32N2O4S. The van der Waals surface area contributed by atoms with E-state index in [0.29, 0.717) is 17.9 Å². The number of nitrogens with zero attached hydrogens (tertiary/aromatic N) is 1. The third kappa shape index (κ3) is 6.38. The smallest absolute Gasteiger partial charge is 0.251 e. The first kappa shape index (κ1) is 25.3. The van der Waals surface area contributed by atoms with Crippen molar-refractivity contribution in [2.45, 2.75) is 40.3 Å². The van der Waals surface area contributed by atoms with Crippen molar-refractivity contribution in [3.05, 3.63) is 94.5 Å². The third-order valence-corrected chi connectivity index (χ3v) is 6.70. The van der Waals surface area contributed by atoms with E-state index in [1.54, 1.807) is 24.3 Å². The van der Waals surface area contributed by atoms with Crippen LogP contribution < -0.4 is 14.4 Å². The molecular weight excluding hydrogens is 448 g/mol. The van der Waals surface area contributed by atoms with Crippen molar-refractivity contribution in [2.24, 2.45) is 0 Å². The molecule has 0 aliphatic carbocycles. The van der Waals surface area contributed by atoms with Crippen LogP contribution in [0.4, 0.5) is 5.69 Å². The highest BCUT2D eigenvalue weighted by molar-refractivity contribution is 7.92. The number of ether oxygens (including phenoxy) is 1. The second-order valence-electron chi connectivity index (χ2n) is 8.66. The standard InChI is InChI=1S/C27H32N2O4S/c1-19-9-6-7-12-25(19)33-18-22(4)28-27(30)24-15-13-23(14-16-24)17-29(34(5,31)32)26-20(2)10-8-11-21(26)3/h6-16,22H,17-18H2,1-5H3,(H,28,30)/t22-/m0/s1. The highest BCUT2D eigenvalue weighted by atomic mass is 32.2. The van der Waals surface area contributed by atoms with Gasteiger partial charge in [-0.15, -0.1) is 0 Å². The van der Waals surface area contributed by atoms with Crippen LogP contribution in [0.2, 0.25) is 0 Å². The summed E-state index contributed by atoms with van der Waals surface area (Å²) in [5.74, 6) is 0.592. The van der Waals surface area contributed by atoms with Crippen LogP contribution in [0.1, 0.15) is 39.5 Å². The average Bonchev–Trinajstić information content (AvgIpc) is 2.77. The minimum atomic E-state index is -3.50. The molecule has 180 valence electrons. The zero-order valence-corrected chi connectivity index (χ0v) is 21.1. The molecule has 0 aliphatic rings. The number of sulfonamides is 1. The molecule has 0 spiro atoms. The van der Waals surface area contributed by atoms with Crippen molar-refractivity contribution in [3.63, 3.8) is 0 Å². The highest BCUT2D eigenvalue weighted by Crippen LogP contribution is 2.28. The van der Waals surface area contributed by atoms with Gasteiger partial charge in [-0.05, 0) is 68.1 Å². The molecule has 3 rings (SSSR count). The van der Waals surface area contributed by atoms with Gasteiger partial charge in [-0.2, -0.15) is 0 Å². The van der Waals surface area contributed by atoms with Gasteiger partial charge < -0.3 is 10.1 Å². The number of carbonyl (C=O) groups excluding carboxylic acids is 1. The fourth-order valence-electron chi connectivity index (χ4n) is 3.77. The zero-order chi connectivity index (χ0) is 24.9. The number of amides is 1. The molecule has 1 amide bonds. The second kappa shape index (κ2) is 10.7. The maximum atomic E-state index is 12.7. The Bertz CT molecular complexity index is 1230. The fourth-order valence-corrected chi connectivity index (χ4v) is 4.77. The van der Waals surface area contributed by atoms with Gasteiger partial charge in [0, 0.05) is 5.56 Å². The molecule has 0 fully saturated rings. The fraction of sp³-hybridized carbons (Fsp3) is 0.296. The van der Waals surface area contributed by atoms with Gasteiger partial charge in [-0.3, -0.25) is 9.10 Å². The Balaban J connectivity index is 1.66. The minimum Gasteiger partial charge on any atom is -0.491 e. The monoisotopic (exact) mass is 480 g/mol. The van der Waals surface area contributed by atoms with Crippen molar-refractivity contribution in [1.82, 2.24) is 5.32 Å². The third-order valence-electron chi connectivity index (χ3n) is 5.59. The Morgan fingerprint density at radius 3 is 2.09 bits per heavy atom. The summed E-state index contributed by atoms with van der Waals surface area (Å²) >= 11 is 0. The highest BCUT2D eigenvalue weighted by Gasteiger charge is 2.21. The average molecular weight is 481 g/mol. The van der Waals surface area contributed by atoms with Gasteiger partial charge in [0.25, 0.3) is 5.91 Å². The van der Waals surface area contributed by atoms with Crippen LogP contribution in [0.15, 0.2) is 66.7 Å². The molecule has 0 aromatic heterocycles. The molecule has 0 radical (unpaired) electrons. The van der Waals surface area contributed by atoms with Crippen molar-refractivity contribution >= 4 is 21.6 Å². The van der Waals surface area contributed by atoms with Crippen LogP contribution in [0.5, 0.6) is 5.75 Å². The van der Waals surface area contributed by atoms with Gasteiger partial charge in [0.1, 0.15) is 12.4 Å². The maximum Gasteiger partial charge on any atom is 0.251 e. The van der Waals surface area contributed by atoms with E-state index < -0.39 is 10.0 Å². The summed E-state index contributed by atoms with van der Waals surface area (Å²) in [6.45, 7) is 8.21. The topological polar surface area (TPSA) is 75.7 Å². The number of hydrogen-bond acceptors (Lipinski definition) is 4. The molecule has 1 atom stereocenters. The molecule has 3 aromatic carbocycles. The van der Waals surface area contributed by atoms with E-state index in [4.69, 9.17) is 4.74 Å². The Morgan fingerprint density at radius 2 is 1.50 bits per heavy atom. The summed E-state index contributed by atoms with van der Waals surface area (Å²) < 4.78 is 32.4. The maximum absolute atomic E-state index is 12.7.